The van der Waals surface area contributed by atoms with Crippen molar-refractivity contribution in [2.75, 3.05) is 34.5 Å². The third-order valence-corrected chi connectivity index (χ3v) is 4.76. The highest BCUT2D eigenvalue weighted by atomic mass is 16.5. The van der Waals surface area contributed by atoms with Gasteiger partial charge in [-0.05, 0) is 29.0 Å². The van der Waals surface area contributed by atoms with E-state index in [1.165, 1.54) is 33.5 Å². The zero-order valence-electron chi connectivity index (χ0n) is 18.0. The predicted molar refractivity (Wildman–Crippen MR) is 118 cm³/mol. The molecule has 3 aromatic rings. The number of benzene rings is 3. The predicted octanol–water partition coefficient (Wildman–Crippen LogP) is 3.02. The van der Waals surface area contributed by atoms with Crippen molar-refractivity contribution in [3.63, 3.8) is 0 Å². The molecule has 0 aliphatic rings. The maximum absolute atomic E-state index is 12.4. The maximum atomic E-state index is 12.4. The third kappa shape index (κ3) is 5.15. The second-order valence-corrected chi connectivity index (χ2v) is 6.74. The van der Waals surface area contributed by atoms with E-state index < -0.39 is 25.0 Å². The Balaban J connectivity index is 1.56. The molecular formula is C24H23NO7. The molecule has 0 saturated carbocycles. The lowest BCUT2D eigenvalue weighted by Crippen LogP contribution is -2.31. The van der Waals surface area contributed by atoms with E-state index in [1.54, 1.807) is 12.1 Å². The van der Waals surface area contributed by atoms with E-state index in [9.17, 15) is 14.4 Å². The summed E-state index contributed by atoms with van der Waals surface area (Å²) in [5.41, 5.74) is 0.650. The molecular weight excluding hydrogens is 414 g/mol. The van der Waals surface area contributed by atoms with E-state index in [-0.39, 0.29) is 11.3 Å². The van der Waals surface area contributed by atoms with Crippen molar-refractivity contribution in [2.45, 2.75) is 0 Å². The molecule has 0 fully saturated rings. The van der Waals surface area contributed by atoms with Crippen LogP contribution in [0.3, 0.4) is 0 Å². The highest BCUT2D eigenvalue weighted by molar-refractivity contribution is 6.01. The van der Waals surface area contributed by atoms with Gasteiger partial charge in [0, 0.05) is 11.1 Å². The first kappa shape index (κ1) is 22.6. The van der Waals surface area contributed by atoms with Crippen molar-refractivity contribution < 1.29 is 33.3 Å². The largest absolute Gasteiger partial charge is 0.493 e. The number of methoxy groups -OCH3 is 3. The van der Waals surface area contributed by atoms with Crippen LogP contribution in [0.1, 0.15) is 20.7 Å². The molecule has 8 nitrogen and oxygen atoms in total. The zero-order chi connectivity index (χ0) is 23.1. The number of hydrogen-bond acceptors (Lipinski definition) is 7. The second-order valence-electron chi connectivity index (χ2n) is 6.74. The molecule has 0 saturated heterocycles. The van der Waals surface area contributed by atoms with E-state index in [0.717, 1.165) is 10.8 Å². The second kappa shape index (κ2) is 10.3. The normalized spacial score (nSPS) is 10.3. The molecule has 0 aliphatic carbocycles. The van der Waals surface area contributed by atoms with Crippen molar-refractivity contribution in [1.29, 1.82) is 0 Å². The van der Waals surface area contributed by atoms with E-state index >= 15 is 0 Å². The molecule has 0 spiro atoms. The topological polar surface area (TPSA) is 100 Å². The number of ketones is 1. The van der Waals surface area contributed by atoms with Gasteiger partial charge in [0.25, 0.3) is 5.91 Å². The molecule has 0 unspecified atom stereocenters. The third-order valence-electron chi connectivity index (χ3n) is 4.76. The van der Waals surface area contributed by atoms with E-state index in [2.05, 4.69) is 5.32 Å². The number of Topliss-reactive ketones (excluding diaryl/α,β-unsaturated/α-hetero) is 1. The monoisotopic (exact) mass is 437 g/mol. The molecule has 0 radical (unpaired) electrons. The van der Waals surface area contributed by atoms with Crippen molar-refractivity contribution in [2.24, 2.45) is 0 Å². The van der Waals surface area contributed by atoms with Crippen LogP contribution >= 0.6 is 0 Å². The Kier molecular flexibility index (Phi) is 7.28. The van der Waals surface area contributed by atoms with Gasteiger partial charge in [-0.3, -0.25) is 14.4 Å². The number of amides is 1. The summed E-state index contributed by atoms with van der Waals surface area (Å²) in [4.78, 5) is 36.8. The minimum Gasteiger partial charge on any atom is -0.493 e. The molecule has 0 heterocycles. The van der Waals surface area contributed by atoms with Gasteiger partial charge in [-0.15, -0.1) is 0 Å². The molecule has 3 aromatic carbocycles. The van der Waals surface area contributed by atoms with Gasteiger partial charge >= 0.3 is 5.97 Å². The first-order valence-electron chi connectivity index (χ1n) is 9.72. The van der Waals surface area contributed by atoms with E-state index in [1.807, 2.05) is 30.3 Å². The highest BCUT2D eigenvalue weighted by Gasteiger charge is 2.18. The summed E-state index contributed by atoms with van der Waals surface area (Å²) < 4.78 is 20.7. The number of carbonyl (C=O) groups is 3. The Hall–Kier alpha value is -4.07. The molecule has 0 aromatic heterocycles. The van der Waals surface area contributed by atoms with Gasteiger partial charge in [0.05, 0.1) is 21.3 Å². The summed E-state index contributed by atoms with van der Waals surface area (Å²) in [7, 11) is 4.32. The van der Waals surface area contributed by atoms with E-state index in [0.29, 0.717) is 22.8 Å². The van der Waals surface area contributed by atoms with Crippen LogP contribution in [0.2, 0.25) is 0 Å². The van der Waals surface area contributed by atoms with Crippen molar-refractivity contribution in [3.05, 3.63) is 65.7 Å². The van der Waals surface area contributed by atoms with Gasteiger partial charge < -0.3 is 24.3 Å². The first-order chi connectivity index (χ1) is 15.5. The summed E-state index contributed by atoms with van der Waals surface area (Å²) in [5.74, 6) is -0.652. The Labute approximate surface area is 185 Å². The lowest BCUT2D eigenvalue weighted by molar-refractivity contribution is -0.141. The van der Waals surface area contributed by atoms with Gasteiger partial charge in [0.1, 0.15) is 6.54 Å². The molecule has 8 heteroatoms. The van der Waals surface area contributed by atoms with Crippen LogP contribution in [0.4, 0.5) is 0 Å². The van der Waals surface area contributed by atoms with Crippen molar-refractivity contribution in [1.82, 2.24) is 5.32 Å². The Morgan fingerprint density at radius 2 is 1.44 bits per heavy atom. The fourth-order valence-corrected chi connectivity index (χ4v) is 3.11. The highest BCUT2D eigenvalue weighted by Crippen LogP contribution is 2.38. The van der Waals surface area contributed by atoms with Crippen molar-refractivity contribution >= 4 is 28.4 Å². The van der Waals surface area contributed by atoms with Crippen LogP contribution in [0.15, 0.2) is 54.6 Å². The van der Waals surface area contributed by atoms with Gasteiger partial charge in [-0.1, -0.05) is 36.4 Å². The minimum atomic E-state index is -0.736. The van der Waals surface area contributed by atoms with Crippen LogP contribution < -0.4 is 19.5 Å². The summed E-state index contributed by atoms with van der Waals surface area (Å²) in [6.07, 6.45) is 0. The van der Waals surface area contributed by atoms with Crippen LogP contribution in [-0.4, -0.2) is 52.1 Å². The maximum Gasteiger partial charge on any atom is 0.325 e. The van der Waals surface area contributed by atoms with Gasteiger partial charge in [-0.25, -0.2) is 0 Å². The average Bonchev–Trinajstić information content (AvgIpc) is 2.84. The SMILES string of the molecule is COc1cc(C(=O)NCC(=O)OCC(=O)c2ccc3ccccc3c2)cc(OC)c1OC. The minimum absolute atomic E-state index is 0.208. The first-order valence-corrected chi connectivity index (χ1v) is 9.72. The van der Waals surface area contributed by atoms with Gasteiger partial charge in [-0.2, -0.15) is 0 Å². The Morgan fingerprint density at radius 3 is 2.06 bits per heavy atom. The summed E-state index contributed by atoms with van der Waals surface area (Å²) in [6, 6.07) is 15.8. The molecule has 1 N–H and O–H groups in total. The molecule has 0 bridgehead atoms. The number of ether oxygens (including phenoxy) is 4. The molecule has 0 atom stereocenters. The summed E-state index contributed by atoms with van der Waals surface area (Å²) in [5, 5.41) is 4.38. The molecule has 32 heavy (non-hydrogen) atoms. The molecule has 3 rings (SSSR count). The Morgan fingerprint density at radius 1 is 0.781 bits per heavy atom. The van der Waals surface area contributed by atoms with Crippen LogP contribution in [0.5, 0.6) is 17.2 Å². The lowest BCUT2D eigenvalue weighted by atomic mass is 10.0. The number of rotatable bonds is 9. The summed E-state index contributed by atoms with van der Waals surface area (Å²) in [6.45, 7) is -0.822. The number of carbonyl (C=O) groups excluding carboxylic acids is 3. The van der Waals surface area contributed by atoms with Crippen molar-refractivity contribution in [3.8, 4) is 17.2 Å². The number of hydrogen-bond donors (Lipinski definition) is 1. The average molecular weight is 437 g/mol. The fourth-order valence-electron chi connectivity index (χ4n) is 3.11. The van der Waals surface area contributed by atoms with Crippen LogP contribution in [-0.2, 0) is 9.53 Å². The van der Waals surface area contributed by atoms with Gasteiger partial charge in [0.2, 0.25) is 5.75 Å². The zero-order valence-corrected chi connectivity index (χ0v) is 18.0. The van der Waals surface area contributed by atoms with Crippen LogP contribution in [0, 0.1) is 0 Å². The fraction of sp³-hybridized carbons (Fsp3) is 0.208. The van der Waals surface area contributed by atoms with E-state index in [4.69, 9.17) is 18.9 Å². The van der Waals surface area contributed by atoms with Gasteiger partial charge in [0.15, 0.2) is 23.9 Å². The molecule has 0 aliphatic heterocycles. The molecule has 1 amide bonds. The standard InChI is InChI=1S/C24H23NO7/c1-29-20-11-18(12-21(30-2)23(20)31-3)24(28)25-13-22(27)32-14-19(26)17-9-8-15-6-4-5-7-16(15)10-17/h4-12H,13-14H2,1-3H3,(H,25,28). The Bertz CT molecular complexity index is 1130. The number of nitrogens with one attached hydrogen (secondary N) is 1. The smallest absolute Gasteiger partial charge is 0.325 e. The number of esters is 1. The molecule has 166 valence electrons. The number of fused-ring (bicyclic) bond motifs is 1. The van der Waals surface area contributed by atoms with Crippen LogP contribution in [0.25, 0.3) is 10.8 Å². The quantitative estimate of drug-likeness (QED) is 0.406. The summed E-state index contributed by atoms with van der Waals surface area (Å²) >= 11 is 0. The lowest BCUT2D eigenvalue weighted by Gasteiger charge is -2.14.